The molecule has 1 atom stereocenters. The Morgan fingerprint density at radius 3 is 2.57 bits per heavy atom. The molecule has 2 heterocycles. The van der Waals surface area contributed by atoms with Crippen LogP contribution in [0.25, 0.3) is 0 Å². The van der Waals surface area contributed by atoms with Crippen LogP contribution in [0.1, 0.15) is 37.0 Å². The van der Waals surface area contributed by atoms with Crippen LogP contribution in [0, 0.1) is 11.6 Å². The van der Waals surface area contributed by atoms with Crippen LogP contribution in [-0.2, 0) is 9.59 Å². The molecule has 2 aliphatic heterocycles. The minimum atomic E-state index is -1.05. The zero-order chi connectivity index (χ0) is 21.6. The van der Waals surface area contributed by atoms with E-state index < -0.39 is 23.2 Å². The molecule has 0 radical (unpaired) electrons. The molecule has 2 aliphatic rings. The third-order valence-electron chi connectivity index (χ3n) is 5.87. The first kappa shape index (κ1) is 20.0. The van der Waals surface area contributed by atoms with E-state index in [9.17, 15) is 23.2 Å². The molecule has 30 heavy (non-hydrogen) atoms. The number of amides is 3. The summed E-state index contributed by atoms with van der Waals surface area (Å²) in [5, 5.41) is 0. The molecule has 1 saturated heterocycles. The van der Waals surface area contributed by atoms with Gasteiger partial charge < -0.3 is 9.80 Å². The molecule has 4 rings (SSSR count). The van der Waals surface area contributed by atoms with Crippen molar-refractivity contribution in [2.75, 3.05) is 22.9 Å². The summed E-state index contributed by atoms with van der Waals surface area (Å²) in [7, 11) is 0. The van der Waals surface area contributed by atoms with Crippen molar-refractivity contribution in [1.82, 2.24) is 4.90 Å². The predicted molar refractivity (Wildman–Crippen MR) is 107 cm³/mol. The molecule has 1 unspecified atom stereocenters. The summed E-state index contributed by atoms with van der Waals surface area (Å²) in [6.07, 6.45) is 0.667. The van der Waals surface area contributed by atoms with Crippen LogP contribution in [0.4, 0.5) is 20.2 Å². The van der Waals surface area contributed by atoms with Gasteiger partial charge in [-0.1, -0.05) is 12.1 Å². The molecule has 0 aromatic heterocycles. The molecule has 3 amide bonds. The van der Waals surface area contributed by atoms with Crippen molar-refractivity contribution >= 4 is 29.1 Å². The highest BCUT2D eigenvalue weighted by atomic mass is 19.2. The Morgan fingerprint density at radius 1 is 1.13 bits per heavy atom. The van der Waals surface area contributed by atoms with E-state index in [1.165, 1.54) is 15.9 Å². The second kappa shape index (κ2) is 7.19. The highest BCUT2D eigenvalue weighted by Crippen LogP contribution is 2.43. The van der Waals surface area contributed by atoms with Gasteiger partial charge in [0.2, 0.25) is 11.8 Å². The van der Waals surface area contributed by atoms with Crippen LogP contribution in [0.3, 0.4) is 0 Å². The Labute approximate surface area is 172 Å². The van der Waals surface area contributed by atoms with Gasteiger partial charge in [0, 0.05) is 24.7 Å². The van der Waals surface area contributed by atoms with Crippen molar-refractivity contribution < 1.29 is 23.2 Å². The summed E-state index contributed by atoms with van der Waals surface area (Å²) in [5.41, 5.74) is 0.139. The number of para-hydroxylation sites is 1. The van der Waals surface area contributed by atoms with E-state index in [0.717, 1.165) is 12.1 Å². The van der Waals surface area contributed by atoms with Crippen LogP contribution in [0.15, 0.2) is 42.5 Å². The maximum absolute atomic E-state index is 13.7. The van der Waals surface area contributed by atoms with Gasteiger partial charge in [-0.05, 0) is 44.5 Å². The van der Waals surface area contributed by atoms with Crippen molar-refractivity contribution in [3.05, 3.63) is 59.7 Å². The lowest BCUT2D eigenvalue weighted by molar-refractivity contribution is -0.121. The van der Waals surface area contributed by atoms with Gasteiger partial charge in [0.15, 0.2) is 11.6 Å². The average Bonchev–Trinajstić information content (AvgIpc) is 3.04. The van der Waals surface area contributed by atoms with Crippen molar-refractivity contribution in [3.8, 4) is 0 Å². The van der Waals surface area contributed by atoms with Crippen molar-refractivity contribution in [2.45, 2.75) is 32.4 Å². The molecule has 0 aliphatic carbocycles. The largest absolute Gasteiger partial charge is 0.311 e. The number of hydrogen-bond acceptors (Lipinski definition) is 3. The van der Waals surface area contributed by atoms with Gasteiger partial charge >= 0.3 is 0 Å². The van der Waals surface area contributed by atoms with Crippen LogP contribution in [0.2, 0.25) is 0 Å². The van der Waals surface area contributed by atoms with Crippen molar-refractivity contribution in [2.24, 2.45) is 0 Å². The van der Waals surface area contributed by atoms with E-state index in [-0.39, 0.29) is 37.0 Å². The fourth-order valence-electron chi connectivity index (χ4n) is 4.32. The molecule has 2 aromatic carbocycles. The lowest BCUT2D eigenvalue weighted by Crippen LogP contribution is -2.64. The molecule has 0 N–H and O–H groups in total. The summed E-state index contributed by atoms with van der Waals surface area (Å²) < 4.78 is 27.0. The molecule has 1 fully saturated rings. The average molecular weight is 413 g/mol. The SMILES string of the molecule is CCN(C(=O)CN1C(=O)c2ccccc2N2C(=O)CCC12C)c1ccc(F)c(F)c1. The van der Waals surface area contributed by atoms with E-state index in [1.807, 2.05) is 0 Å². The van der Waals surface area contributed by atoms with Crippen LogP contribution in [0.5, 0.6) is 0 Å². The van der Waals surface area contributed by atoms with Crippen molar-refractivity contribution in [3.63, 3.8) is 0 Å². The van der Waals surface area contributed by atoms with Crippen molar-refractivity contribution in [1.29, 1.82) is 0 Å². The van der Waals surface area contributed by atoms with E-state index in [4.69, 9.17) is 0 Å². The van der Waals surface area contributed by atoms with Crippen LogP contribution < -0.4 is 9.80 Å². The van der Waals surface area contributed by atoms with Gasteiger partial charge in [-0.25, -0.2) is 8.78 Å². The number of hydrogen-bond donors (Lipinski definition) is 0. The number of fused-ring (bicyclic) bond motifs is 3. The number of nitrogens with zero attached hydrogens (tertiary/aromatic N) is 3. The predicted octanol–water partition coefficient (Wildman–Crippen LogP) is 3.32. The smallest absolute Gasteiger partial charge is 0.258 e. The minimum absolute atomic E-state index is 0.108. The third-order valence-corrected chi connectivity index (χ3v) is 5.87. The summed E-state index contributed by atoms with van der Waals surface area (Å²) in [5.74, 6) is -2.95. The Hall–Kier alpha value is -3.29. The summed E-state index contributed by atoms with van der Waals surface area (Å²) >= 11 is 0. The zero-order valence-electron chi connectivity index (χ0n) is 16.7. The molecular formula is C22H21F2N3O3. The summed E-state index contributed by atoms with van der Waals surface area (Å²) in [6, 6.07) is 10.1. The fraction of sp³-hybridized carbons (Fsp3) is 0.318. The maximum atomic E-state index is 13.7. The zero-order valence-corrected chi connectivity index (χ0v) is 16.7. The van der Waals surface area contributed by atoms with E-state index in [1.54, 1.807) is 43.0 Å². The maximum Gasteiger partial charge on any atom is 0.258 e. The normalized spacial score (nSPS) is 20.3. The molecule has 156 valence electrons. The molecule has 0 spiro atoms. The van der Waals surface area contributed by atoms with Gasteiger partial charge in [0.25, 0.3) is 5.91 Å². The number of benzene rings is 2. The number of carbonyl (C=O) groups excluding carboxylic acids is 3. The monoisotopic (exact) mass is 413 g/mol. The standard InChI is InChI=1S/C22H21F2N3O3/c1-3-25(14-8-9-16(23)17(24)12-14)20(29)13-26-21(30)15-6-4-5-7-18(15)27-19(28)10-11-22(26,27)2/h4-9,12H,3,10-11,13H2,1-2H3. The molecule has 0 saturated carbocycles. The van der Waals surface area contributed by atoms with Gasteiger partial charge in [-0.15, -0.1) is 0 Å². The quantitative estimate of drug-likeness (QED) is 0.773. The lowest BCUT2D eigenvalue weighted by atomic mass is 9.98. The summed E-state index contributed by atoms with van der Waals surface area (Å²) in [6.45, 7) is 3.40. The first-order chi connectivity index (χ1) is 14.3. The molecule has 8 heteroatoms. The molecular weight excluding hydrogens is 392 g/mol. The number of halogens is 2. The lowest BCUT2D eigenvalue weighted by Gasteiger charge is -2.48. The Balaban J connectivity index is 1.69. The Kier molecular flexibility index (Phi) is 4.80. The second-order valence-corrected chi connectivity index (χ2v) is 7.59. The number of anilines is 2. The van der Waals surface area contributed by atoms with Gasteiger partial charge in [0.05, 0.1) is 11.3 Å². The third kappa shape index (κ3) is 2.94. The number of carbonyl (C=O) groups is 3. The molecule has 6 nitrogen and oxygen atoms in total. The molecule has 0 bridgehead atoms. The molecule has 2 aromatic rings. The van der Waals surface area contributed by atoms with E-state index >= 15 is 0 Å². The highest BCUT2D eigenvalue weighted by Gasteiger charge is 2.53. The number of likely N-dealkylation sites (N-methyl/N-ethyl adjacent to an activating group) is 1. The van der Waals surface area contributed by atoms with Gasteiger partial charge in [-0.3, -0.25) is 19.3 Å². The first-order valence-electron chi connectivity index (χ1n) is 9.77. The van der Waals surface area contributed by atoms with E-state index in [2.05, 4.69) is 0 Å². The first-order valence-corrected chi connectivity index (χ1v) is 9.77. The fourth-order valence-corrected chi connectivity index (χ4v) is 4.32. The minimum Gasteiger partial charge on any atom is -0.311 e. The topological polar surface area (TPSA) is 60.9 Å². The second-order valence-electron chi connectivity index (χ2n) is 7.59. The van der Waals surface area contributed by atoms with Gasteiger partial charge in [0.1, 0.15) is 12.2 Å². The van der Waals surface area contributed by atoms with Crippen LogP contribution in [-0.4, -0.2) is 41.4 Å². The Morgan fingerprint density at radius 2 is 1.87 bits per heavy atom. The number of rotatable bonds is 4. The summed E-state index contributed by atoms with van der Waals surface area (Å²) in [4.78, 5) is 43.3. The van der Waals surface area contributed by atoms with Gasteiger partial charge in [-0.2, -0.15) is 0 Å². The van der Waals surface area contributed by atoms with E-state index in [0.29, 0.717) is 17.7 Å². The van der Waals surface area contributed by atoms with Crippen LogP contribution >= 0.6 is 0 Å². The Bertz CT molecular complexity index is 1060. The highest BCUT2D eigenvalue weighted by molar-refractivity contribution is 6.11.